The summed E-state index contributed by atoms with van der Waals surface area (Å²) in [6, 6.07) is 0. The molecule has 30 heavy (non-hydrogen) atoms. The summed E-state index contributed by atoms with van der Waals surface area (Å²) in [5.41, 5.74) is 2.96. The van der Waals surface area contributed by atoms with E-state index in [1.807, 2.05) is 0 Å². The number of rotatable bonds is 1. The van der Waals surface area contributed by atoms with Crippen molar-refractivity contribution < 1.29 is 4.79 Å². The van der Waals surface area contributed by atoms with Crippen LogP contribution in [0.2, 0.25) is 0 Å². The van der Waals surface area contributed by atoms with Gasteiger partial charge in [0.25, 0.3) is 0 Å². The highest BCUT2D eigenvalue weighted by atomic mass is 16.1. The number of carbonyl (C=O) groups is 1. The zero-order chi connectivity index (χ0) is 21.7. The highest BCUT2D eigenvalue weighted by Gasteiger charge is 2.64. The molecule has 0 aromatic rings. The first-order valence-electron chi connectivity index (χ1n) is 13.2. The molecule has 5 aliphatic carbocycles. The Bertz CT molecular complexity index is 773. The SMILES string of the molecule is CC(C)[C@@H]1CC[C@@H]2[C@@H]3CC=C4[C@@H](CC[C@H]5C(C)(C)C(=O)CC[C@]45C)[C@]3(C)CC[C@]21C. The van der Waals surface area contributed by atoms with Crippen LogP contribution in [0.3, 0.4) is 0 Å². The molecule has 5 rings (SSSR count). The van der Waals surface area contributed by atoms with Crippen molar-refractivity contribution in [3.05, 3.63) is 11.6 Å². The van der Waals surface area contributed by atoms with Gasteiger partial charge in [-0.05, 0) is 103 Å². The molecule has 0 radical (unpaired) electrons. The average Bonchev–Trinajstić information content (AvgIpc) is 3.03. The molecular formula is C29H46O. The molecule has 0 unspecified atom stereocenters. The fourth-order valence-electron chi connectivity index (χ4n) is 10.6. The Hall–Kier alpha value is -0.590. The molecule has 0 N–H and O–H groups in total. The second kappa shape index (κ2) is 6.48. The largest absolute Gasteiger partial charge is 0.299 e. The number of Topliss-reactive ketones (excluding diaryl/α,β-unsaturated/α-hetero) is 1. The van der Waals surface area contributed by atoms with Crippen LogP contribution in [0.25, 0.3) is 0 Å². The second-order valence-electron chi connectivity index (χ2n) is 13.8. The van der Waals surface area contributed by atoms with E-state index in [9.17, 15) is 4.79 Å². The quantitative estimate of drug-likeness (QED) is 0.402. The minimum atomic E-state index is -0.141. The van der Waals surface area contributed by atoms with E-state index in [-0.39, 0.29) is 10.8 Å². The lowest BCUT2D eigenvalue weighted by atomic mass is 9.40. The molecule has 0 bridgehead atoms. The molecule has 0 spiro atoms. The van der Waals surface area contributed by atoms with E-state index < -0.39 is 0 Å². The zero-order valence-electron chi connectivity index (χ0n) is 20.8. The number of hydrogen-bond donors (Lipinski definition) is 0. The first-order valence-corrected chi connectivity index (χ1v) is 13.2. The Morgan fingerprint density at radius 1 is 0.867 bits per heavy atom. The van der Waals surface area contributed by atoms with E-state index in [4.69, 9.17) is 0 Å². The van der Waals surface area contributed by atoms with E-state index in [0.29, 0.717) is 22.5 Å². The molecule has 8 atom stereocenters. The molecule has 168 valence electrons. The summed E-state index contributed by atoms with van der Waals surface area (Å²) in [6.45, 7) is 17.4. The predicted molar refractivity (Wildman–Crippen MR) is 125 cm³/mol. The van der Waals surface area contributed by atoms with Gasteiger partial charge in [0, 0.05) is 11.8 Å². The van der Waals surface area contributed by atoms with Crippen LogP contribution in [0.4, 0.5) is 0 Å². The molecule has 1 heteroatoms. The second-order valence-corrected chi connectivity index (χ2v) is 13.8. The Kier molecular flexibility index (Phi) is 4.59. The molecule has 0 saturated heterocycles. The summed E-state index contributed by atoms with van der Waals surface area (Å²) >= 11 is 0. The molecule has 5 aliphatic rings. The molecule has 4 saturated carbocycles. The maximum Gasteiger partial charge on any atom is 0.138 e. The van der Waals surface area contributed by atoms with Crippen molar-refractivity contribution in [2.24, 2.45) is 57.2 Å². The van der Waals surface area contributed by atoms with E-state index >= 15 is 0 Å². The molecule has 1 nitrogen and oxygen atoms in total. The van der Waals surface area contributed by atoms with E-state index in [2.05, 4.69) is 54.5 Å². The fourth-order valence-corrected chi connectivity index (χ4v) is 10.6. The molecular weight excluding hydrogens is 364 g/mol. The summed E-state index contributed by atoms with van der Waals surface area (Å²) in [7, 11) is 0. The normalized spacial score (nSPS) is 52.2. The maximum absolute atomic E-state index is 12.8. The van der Waals surface area contributed by atoms with Gasteiger partial charge in [-0.15, -0.1) is 0 Å². The Labute approximate surface area is 185 Å². The molecule has 0 amide bonds. The molecule has 0 aliphatic heterocycles. The topological polar surface area (TPSA) is 17.1 Å². The summed E-state index contributed by atoms with van der Waals surface area (Å²) in [5, 5.41) is 0. The number of carbonyl (C=O) groups excluding carboxylic acids is 1. The van der Waals surface area contributed by atoms with Crippen LogP contribution in [-0.2, 0) is 4.79 Å². The smallest absolute Gasteiger partial charge is 0.138 e. The molecule has 0 aromatic heterocycles. The van der Waals surface area contributed by atoms with E-state index in [1.54, 1.807) is 5.57 Å². The summed E-state index contributed by atoms with van der Waals surface area (Å²) in [4.78, 5) is 12.8. The number of ketones is 1. The van der Waals surface area contributed by atoms with Gasteiger partial charge in [0.05, 0.1) is 0 Å². The van der Waals surface area contributed by atoms with Gasteiger partial charge in [0.15, 0.2) is 0 Å². The van der Waals surface area contributed by atoms with Crippen LogP contribution in [-0.4, -0.2) is 5.78 Å². The van der Waals surface area contributed by atoms with Crippen molar-refractivity contribution in [1.29, 1.82) is 0 Å². The first-order chi connectivity index (χ1) is 14.0. The van der Waals surface area contributed by atoms with Crippen LogP contribution in [0.1, 0.15) is 106 Å². The monoisotopic (exact) mass is 410 g/mol. The average molecular weight is 411 g/mol. The third-order valence-corrected chi connectivity index (χ3v) is 12.2. The third kappa shape index (κ3) is 2.50. The molecule has 4 fully saturated rings. The number of hydrogen-bond acceptors (Lipinski definition) is 1. The van der Waals surface area contributed by atoms with Gasteiger partial charge >= 0.3 is 0 Å². The van der Waals surface area contributed by atoms with Gasteiger partial charge < -0.3 is 0 Å². The van der Waals surface area contributed by atoms with Crippen molar-refractivity contribution in [3.8, 4) is 0 Å². The summed E-state index contributed by atoms with van der Waals surface area (Å²) < 4.78 is 0. The Morgan fingerprint density at radius 2 is 1.57 bits per heavy atom. The zero-order valence-corrected chi connectivity index (χ0v) is 20.8. The fraction of sp³-hybridized carbons (Fsp3) is 0.897. The summed E-state index contributed by atoms with van der Waals surface area (Å²) in [6.07, 6.45) is 14.3. The van der Waals surface area contributed by atoms with Gasteiger partial charge in [-0.25, -0.2) is 0 Å². The Balaban J connectivity index is 1.51. The standard InChI is InChI=1S/C29H46O/c1-18(2)19-8-9-20-21-10-11-23-22(28(21,6)17-16-27(19,20)5)12-13-24-26(3,4)25(30)14-15-29(23,24)7/h11,18-22,24H,8-10,12-17H2,1-7H3/t19-,20+,21-,22+,24-,27-,28+,29+/m0/s1. The van der Waals surface area contributed by atoms with Crippen molar-refractivity contribution in [3.63, 3.8) is 0 Å². The minimum Gasteiger partial charge on any atom is -0.299 e. The van der Waals surface area contributed by atoms with Gasteiger partial charge in [0.1, 0.15) is 5.78 Å². The van der Waals surface area contributed by atoms with Gasteiger partial charge in [-0.1, -0.05) is 60.1 Å². The lowest BCUT2D eigenvalue weighted by Gasteiger charge is -2.64. The van der Waals surface area contributed by atoms with Gasteiger partial charge in [-0.3, -0.25) is 4.79 Å². The van der Waals surface area contributed by atoms with Crippen LogP contribution in [0.15, 0.2) is 11.6 Å². The van der Waals surface area contributed by atoms with Gasteiger partial charge in [0.2, 0.25) is 0 Å². The van der Waals surface area contributed by atoms with Crippen LogP contribution >= 0.6 is 0 Å². The first kappa shape index (κ1) is 21.3. The lowest BCUT2D eigenvalue weighted by Crippen LogP contribution is -2.58. The van der Waals surface area contributed by atoms with Crippen LogP contribution in [0.5, 0.6) is 0 Å². The highest BCUT2D eigenvalue weighted by molar-refractivity contribution is 5.85. The van der Waals surface area contributed by atoms with Crippen molar-refractivity contribution in [2.75, 3.05) is 0 Å². The van der Waals surface area contributed by atoms with E-state index in [1.165, 1.54) is 44.9 Å². The highest BCUT2D eigenvalue weighted by Crippen LogP contribution is 2.72. The predicted octanol–water partition coefficient (Wildman–Crippen LogP) is 7.84. The lowest BCUT2D eigenvalue weighted by molar-refractivity contribution is -0.144. The summed E-state index contributed by atoms with van der Waals surface area (Å²) in [5.74, 6) is 5.39. The minimum absolute atomic E-state index is 0.141. The van der Waals surface area contributed by atoms with Crippen molar-refractivity contribution >= 4 is 5.78 Å². The third-order valence-electron chi connectivity index (χ3n) is 12.2. The van der Waals surface area contributed by atoms with Crippen molar-refractivity contribution in [2.45, 2.75) is 106 Å². The van der Waals surface area contributed by atoms with Gasteiger partial charge in [-0.2, -0.15) is 0 Å². The molecule has 0 heterocycles. The van der Waals surface area contributed by atoms with Crippen LogP contribution < -0.4 is 0 Å². The van der Waals surface area contributed by atoms with E-state index in [0.717, 1.165) is 42.4 Å². The van der Waals surface area contributed by atoms with Crippen LogP contribution in [0, 0.1) is 57.2 Å². The maximum atomic E-state index is 12.8. The molecule has 0 aromatic carbocycles. The number of allylic oxidation sites excluding steroid dienone is 2. The Morgan fingerprint density at radius 3 is 2.27 bits per heavy atom. The number of fused-ring (bicyclic) bond motifs is 7. The van der Waals surface area contributed by atoms with Crippen molar-refractivity contribution in [1.82, 2.24) is 0 Å².